The zero-order valence-corrected chi connectivity index (χ0v) is 17.1. The molecule has 2 aromatic carbocycles. The summed E-state index contributed by atoms with van der Waals surface area (Å²) in [6.45, 7) is 1.92. The van der Waals surface area contributed by atoms with E-state index in [1.54, 1.807) is 41.3 Å². The van der Waals surface area contributed by atoms with Gasteiger partial charge in [-0.05, 0) is 36.4 Å². The maximum absolute atomic E-state index is 13.2. The standard InChI is InChI=1S/C20H16Cl2N4O4/c21-16-6-5-15(11-17(16)22)25-19(20(27)24-7-9-30-10-8-24)12-18(23-25)13-1-3-14(4-2-13)26(28)29/h1-6,11-12H,7-10H2. The predicted octanol–water partition coefficient (Wildman–Crippen LogP) is 4.23. The molecule has 2 heterocycles. The zero-order chi connectivity index (χ0) is 21.3. The van der Waals surface area contributed by atoms with E-state index in [2.05, 4.69) is 5.10 Å². The highest BCUT2D eigenvalue weighted by atomic mass is 35.5. The quantitative estimate of drug-likeness (QED) is 0.441. The number of ether oxygens (including phenoxy) is 1. The van der Waals surface area contributed by atoms with Gasteiger partial charge in [-0.1, -0.05) is 23.2 Å². The van der Waals surface area contributed by atoms with Crippen LogP contribution in [0, 0.1) is 10.1 Å². The number of carbonyl (C=O) groups is 1. The average Bonchev–Trinajstić information content (AvgIpc) is 3.21. The number of hydrogen-bond donors (Lipinski definition) is 0. The van der Waals surface area contributed by atoms with Gasteiger partial charge in [0.15, 0.2) is 0 Å². The fraction of sp³-hybridized carbons (Fsp3) is 0.200. The Hall–Kier alpha value is -2.94. The van der Waals surface area contributed by atoms with E-state index >= 15 is 0 Å². The lowest BCUT2D eigenvalue weighted by molar-refractivity contribution is -0.384. The lowest BCUT2D eigenvalue weighted by atomic mass is 10.1. The maximum atomic E-state index is 13.2. The molecule has 0 N–H and O–H groups in total. The van der Waals surface area contributed by atoms with Crippen LogP contribution in [0.1, 0.15) is 10.5 Å². The molecule has 8 nitrogen and oxygen atoms in total. The molecule has 1 amide bonds. The molecule has 0 bridgehead atoms. The summed E-state index contributed by atoms with van der Waals surface area (Å²) in [6.07, 6.45) is 0. The van der Waals surface area contributed by atoms with Crippen molar-refractivity contribution in [3.63, 3.8) is 0 Å². The fourth-order valence-electron chi connectivity index (χ4n) is 3.17. The summed E-state index contributed by atoms with van der Waals surface area (Å²) in [5.74, 6) is -0.190. The highest BCUT2D eigenvalue weighted by Gasteiger charge is 2.24. The van der Waals surface area contributed by atoms with E-state index in [4.69, 9.17) is 27.9 Å². The number of halogens is 2. The Balaban J connectivity index is 1.79. The first-order valence-electron chi connectivity index (χ1n) is 9.11. The van der Waals surface area contributed by atoms with E-state index in [9.17, 15) is 14.9 Å². The molecule has 0 spiro atoms. The van der Waals surface area contributed by atoms with Gasteiger partial charge < -0.3 is 9.64 Å². The van der Waals surface area contributed by atoms with Crippen molar-refractivity contribution in [3.8, 4) is 16.9 Å². The second-order valence-electron chi connectivity index (χ2n) is 6.63. The van der Waals surface area contributed by atoms with E-state index in [1.807, 2.05) is 0 Å². The van der Waals surface area contributed by atoms with E-state index in [0.717, 1.165) is 0 Å². The van der Waals surface area contributed by atoms with Crippen molar-refractivity contribution < 1.29 is 14.5 Å². The van der Waals surface area contributed by atoms with Crippen LogP contribution in [0.4, 0.5) is 5.69 Å². The van der Waals surface area contributed by atoms with Crippen LogP contribution < -0.4 is 0 Å². The van der Waals surface area contributed by atoms with Gasteiger partial charge in [-0.15, -0.1) is 0 Å². The molecular formula is C20H16Cl2N4O4. The minimum atomic E-state index is -0.467. The summed E-state index contributed by atoms with van der Waals surface area (Å²) in [6, 6.07) is 12.7. The number of nitro benzene ring substituents is 1. The Morgan fingerprint density at radius 3 is 2.37 bits per heavy atom. The molecule has 0 atom stereocenters. The van der Waals surface area contributed by atoms with Gasteiger partial charge in [0.1, 0.15) is 5.69 Å². The number of nitro groups is 1. The van der Waals surface area contributed by atoms with Crippen molar-refractivity contribution >= 4 is 34.8 Å². The third-order valence-corrected chi connectivity index (χ3v) is 5.49. The fourth-order valence-corrected chi connectivity index (χ4v) is 3.46. The van der Waals surface area contributed by atoms with Gasteiger partial charge in [0.25, 0.3) is 11.6 Å². The van der Waals surface area contributed by atoms with E-state index in [-0.39, 0.29) is 11.6 Å². The minimum Gasteiger partial charge on any atom is -0.378 e. The number of benzene rings is 2. The van der Waals surface area contributed by atoms with Crippen molar-refractivity contribution in [1.82, 2.24) is 14.7 Å². The summed E-state index contributed by atoms with van der Waals surface area (Å²) in [4.78, 5) is 25.3. The zero-order valence-electron chi connectivity index (χ0n) is 15.6. The number of hydrogen-bond acceptors (Lipinski definition) is 5. The van der Waals surface area contributed by atoms with Crippen molar-refractivity contribution in [2.45, 2.75) is 0 Å². The number of morpholine rings is 1. The first-order valence-corrected chi connectivity index (χ1v) is 9.87. The molecule has 10 heteroatoms. The molecule has 3 aromatic rings. The van der Waals surface area contributed by atoms with Crippen LogP contribution in [-0.4, -0.2) is 51.8 Å². The van der Waals surface area contributed by atoms with Gasteiger partial charge in [-0.3, -0.25) is 14.9 Å². The Kier molecular flexibility index (Phi) is 5.72. The Bertz CT molecular complexity index is 1110. The number of rotatable bonds is 4. The largest absolute Gasteiger partial charge is 0.378 e. The SMILES string of the molecule is O=C(c1cc(-c2ccc([N+](=O)[O-])cc2)nn1-c1ccc(Cl)c(Cl)c1)N1CCOCC1. The highest BCUT2D eigenvalue weighted by Crippen LogP contribution is 2.28. The minimum absolute atomic E-state index is 0.0210. The van der Waals surface area contributed by atoms with Crippen LogP contribution >= 0.6 is 23.2 Å². The Morgan fingerprint density at radius 1 is 1.03 bits per heavy atom. The third kappa shape index (κ3) is 4.02. The molecule has 0 radical (unpaired) electrons. The van der Waals surface area contributed by atoms with E-state index < -0.39 is 4.92 Å². The normalized spacial score (nSPS) is 14.0. The predicted molar refractivity (Wildman–Crippen MR) is 112 cm³/mol. The van der Waals surface area contributed by atoms with Crippen LogP contribution in [-0.2, 0) is 4.74 Å². The molecule has 30 heavy (non-hydrogen) atoms. The number of non-ortho nitro benzene ring substituents is 1. The van der Waals surface area contributed by atoms with E-state index in [0.29, 0.717) is 59.0 Å². The molecule has 154 valence electrons. The summed E-state index contributed by atoms with van der Waals surface area (Å²) < 4.78 is 6.84. The monoisotopic (exact) mass is 446 g/mol. The van der Waals surface area contributed by atoms with Gasteiger partial charge >= 0.3 is 0 Å². The molecular weight excluding hydrogens is 431 g/mol. The van der Waals surface area contributed by atoms with Crippen molar-refractivity contribution in [1.29, 1.82) is 0 Å². The van der Waals surface area contributed by atoms with Gasteiger partial charge in [0.2, 0.25) is 0 Å². The first kappa shape index (κ1) is 20.3. The van der Waals surface area contributed by atoms with Crippen LogP contribution in [0.15, 0.2) is 48.5 Å². The van der Waals surface area contributed by atoms with Gasteiger partial charge in [-0.2, -0.15) is 5.10 Å². The molecule has 1 fully saturated rings. The molecule has 1 aliphatic rings. The summed E-state index contributed by atoms with van der Waals surface area (Å²) in [5.41, 5.74) is 2.06. The summed E-state index contributed by atoms with van der Waals surface area (Å²) >= 11 is 12.2. The molecule has 0 unspecified atom stereocenters. The topological polar surface area (TPSA) is 90.5 Å². The van der Waals surface area contributed by atoms with Crippen LogP contribution in [0.3, 0.4) is 0 Å². The Labute approximate surface area is 181 Å². The summed E-state index contributed by atoms with van der Waals surface area (Å²) in [7, 11) is 0. The Morgan fingerprint density at radius 2 is 1.73 bits per heavy atom. The van der Waals surface area contributed by atoms with Crippen LogP contribution in [0.2, 0.25) is 10.0 Å². The second kappa shape index (κ2) is 8.43. The van der Waals surface area contributed by atoms with Crippen LogP contribution in [0.5, 0.6) is 0 Å². The van der Waals surface area contributed by atoms with Gasteiger partial charge in [-0.25, -0.2) is 4.68 Å². The van der Waals surface area contributed by atoms with Crippen LogP contribution in [0.25, 0.3) is 16.9 Å². The van der Waals surface area contributed by atoms with Crippen molar-refractivity contribution in [2.75, 3.05) is 26.3 Å². The smallest absolute Gasteiger partial charge is 0.272 e. The highest BCUT2D eigenvalue weighted by molar-refractivity contribution is 6.42. The molecule has 4 rings (SSSR count). The first-order chi connectivity index (χ1) is 14.4. The van der Waals surface area contributed by atoms with Crippen molar-refractivity contribution in [2.24, 2.45) is 0 Å². The lowest BCUT2D eigenvalue weighted by Crippen LogP contribution is -2.41. The second-order valence-corrected chi connectivity index (χ2v) is 7.45. The number of aromatic nitrogens is 2. The molecule has 1 saturated heterocycles. The number of nitrogens with zero attached hydrogens (tertiary/aromatic N) is 4. The molecule has 1 aromatic heterocycles. The lowest BCUT2D eigenvalue weighted by Gasteiger charge is -2.26. The third-order valence-electron chi connectivity index (χ3n) is 4.75. The van der Waals surface area contributed by atoms with Gasteiger partial charge in [0.05, 0.1) is 39.6 Å². The van der Waals surface area contributed by atoms with Gasteiger partial charge in [0, 0.05) is 30.8 Å². The molecule has 1 aliphatic heterocycles. The maximum Gasteiger partial charge on any atom is 0.272 e. The number of carbonyl (C=O) groups excluding carboxylic acids is 1. The molecule has 0 saturated carbocycles. The summed E-state index contributed by atoms with van der Waals surface area (Å²) in [5, 5.41) is 16.2. The average molecular weight is 447 g/mol. The van der Waals surface area contributed by atoms with Crippen molar-refractivity contribution in [3.05, 3.63) is 74.4 Å². The molecule has 0 aliphatic carbocycles. The number of amides is 1. The van der Waals surface area contributed by atoms with E-state index in [1.165, 1.54) is 16.8 Å².